The highest BCUT2D eigenvalue weighted by Crippen LogP contribution is 2.27. The maximum atomic E-state index is 11.3. The van der Waals surface area contributed by atoms with E-state index < -0.39 is 22.4 Å². The van der Waals surface area contributed by atoms with Crippen LogP contribution in [0.1, 0.15) is 19.3 Å². The Balaban J connectivity index is 2.18. The molecule has 2 aliphatic heterocycles. The third kappa shape index (κ3) is 2.00. The van der Waals surface area contributed by atoms with Crippen molar-refractivity contribution in [3.63, 3.8) is 0 Å². The van der Waals surface area contributed by atoms with E-state index in [-0.39, 0.29) is 12.7 Å². The van der Waals surface area contributed by atoms with Crippen molar-refractivity contribution in [2.24, 2.45) is 0 Å². The lowest BCUT2D eigenvalue weighted by molar-refractivity contribution is -0.0214. The Kier molecular flexibility index (Phi) is 3.04. The lowest BCUT2D eigenvalue weighted by Gasteiger charge is -2.29. The summed E-state index contributed by atoms with van der Waals surface area (Å²) in [6.45, 7) is 0.383. The van der Waals surface area contributed by atoms with Gasteiger partial charge in [0.1, 0.15) is 6.04 Å². The summed E-state index contributed by atoms with van der Waals surface area (Å²) in [6.07, 6.45) is 0.588. The molecule has 2 aliphatic rings. The van der Waals surface area contributed by atoms with E-state index in [1.54, 1.807) is 0 Å². The molecule has 0 aliphatic carbocycles. The molecule has 0 radical (unpaired) electrons. The van der Waals surface area contributed by atoms with Gasteiger partial charge in [0.25, 0.3) is 0 Å². The van der Waals surface area contributed by atoms with Crippen molar-refractivity contribution < 1.29 is 27.2 Å². The van der Waals surface area contributed by atoms with Crippen LogP contribution < -0.4 is 0 Å². The van der Waals surface area contributed by atoms with Crippen LogP contribution in [0.3, 0.4) is 0 Å². The number of hydrogen-bond donors (Lipinski definition) is 1. The Hall–Kier alpha value is -0.860. The van der Waals surface area contributed by atoms with Crippen molar-refractivity contribution in [2.45, 2.75) is 31.4 Å². The van der Waals surface area contributed by atoms with Crippen molar-refractivity contribution in [2.75, 3.05) is 13.2 Å². The van der Waals surface area contributed by atoms with E-state index in [4.69, 9.17) is 9.84 Å². The van der Waals surface area contributed by atoms with Gasteiger partial charge >= 0.3 is 16.4 Å². The second-order valence-corrected chi connectivity index (χ2v) is 5.28. The van der Waals surface area contributed by atoms with E-state index >= 15 is 0 Å². The van der Waals surface area contributed by atoms with Crippen molar-refractivity contribution in [1.82, 2.24) is 4.31 Å². The summed E-state index contributed by atoms with van der Waals surface area (Å²) in [6, 6.07) is -0.747. The first-order chi connectivity index (χ1) is 7.52. The first kappa shape index (κ1) is 11.6. The number of carbonyl (C=O) groups is 1. The van der Waals surface area contributed by atoms with Crippen molar-refractivity contribution in [1.29, 1.82) is 0 Å². The fraction of sp³-hybridized carbons (Fsp3) is 0.875. The van der Waals surface area contributed by atoms with E-state index in [1.165, 1.54) is 0 Å². The zero-order valence-electron chi connectivity index (χ0n) is 8.53. The maximum absolute atomic E-state index is 11.3. The van der Waals surface area contributed by atoms with Crippen LogP contribution in [0, 0.1) is 0 Å². The minimum atomic E-state index is -4.13. The van der Waals surface area contributed by atoms with Gasteiger partial charge in [-0.1, -0.05) is 0 Å². The van der Waals surface area contributed by atoms with Crippen molar-refractivity contribution >= 4 is 16.4 Å². The first-order valence-electron chi connectivity index (χ1n) is 5.05. The van der Waals surface area contributed by atoms with Crippen LogP contribution in [0.5, 0.6) is 0 Å². The van der Waals surface area contributed by atoms with Crippen LogP contribution >= 0.6 is 0 Å². The van der Waals surface area contributed by atoms with Gasteiger partial charge in [0.2, 0.25) is 0 Å². The molecule has 1 amide bonds. The number of nitrogens with zero attached hydrogens (tertiary/aromatic N) is 1. The quantitative estimate of drug-likeness (QED) is 0.714. The fourth-order valence-corrected chi connectivity index (χ4v) is 3.16. The van der Waals surface area contributed by atoms with Crippen LogP contribution in [0.2, 0.25) is 0 Å². The number of rotatable bonds is 1. The molecule has 0 spiro atoms. The standard InChI is InChI=1S/C8H13NO6S/c10-8(11)9-6(5-15-16(9,12)13)7-3-1-2-4-14-7/h6-7H,1-5H2,(H,10,11)/t6-,7?/m0/s1. The zero-order valence-corrected chi connectivity index (χ0v) is 9.35. The van der Waals surface area contributed by atoms with E-state index in [9.17, 15) is 13.2 Å². The molecule has 2 rings (SSSR count). The summed E-state index contributed by atoms with van der Waals surface area (Å²) in [5.41, 5.74) is 0. The normalized spacial score (nSPS) is 33.9. The van der Waals surface area contributed by atoms with Crippen molar-refractivity contribution in [3.8, 4) is 0 Å². The highest BCUT2D eigenvalue weighted by Gasteiger charge is 2.47. The lowest BCUT2D eigenvalue weighted by Crippen LogP contribution is -2.47. The molecule has 1 N–H and O–H groups in total. The zero-order chi connectivity index (χ0) is 11.8. The average molecular weight is 251 g/mol. The van der Waals surface area contributed by atoms with Gasteiger partial charge in [-0.2, -0.15) is 12.7 Å². The highest BCUT2D eigenvalue weighted by molar-refractivity contribution is 7.85. The fourth-order valence-electron chi connectivity index (χ4n) is 2.01. The molecule has 2 fully saturated rings. The Morgan fingerprint density at radius 1 is 1.38 bits per heavy atom. The third-order valence-electron chi connectivity index (χ3n) is 2.76. The molecule has 2 atom stereocenters. The molecule has 2 heterocycles. The topological polar surface area (TPSA) is 93.1 Å². The molecule has 0 bridgehead atoms. The molecule has 7 nitrogen and oxygen atoms in total. The summed E-state index contributed by atoms with van der Waals surface area (Å²) in [4.78, 5) is 10.9. The largest absolute Gasteiger partial charge is 0.464 e. The van der Waals surface area contributed by atoms with Crippen LogP contribution in [0.25, 0.3) is 0 Å². The van der Waals surface area contributed by atoms with Crippen LogP contribution in [-0.2, 0) is 19.2 Å². The van der Waals surface area contributed by atoms with Crippen LogP contribution in [0.4, 0.5) is 4.79 Å². The molecule has 0 aromatic heterocycles. The van der Waals surface area contributed by atoms with E-state index in [2.05, 4.69) is 4.18 Å². The molecule has 2 saturated heterocycles. The van der Waals surface area contributed by atoms with Gasteiger partial charge in [-0.15, -0.1) is 0 Å². The molecule has 0 saturated carbocycles. The smallest absolute Gasteiger partial charge is 0.423 e. The monoisotopic (exact) mass is 251 g/mol. The molecular weight excluding hydrogens is 238 g/mol. The second kappa shape index (κ2) is 4.19. The number of carboxylic acid groups (broad SMARTS) is 1. The van der Waals surface area contributed by atoms with E-state index in [1.807, 2.05) is 0 Å². The number of amides is 1. The Morgan fingerprint density at radius 2 is 2.12 bits per heavy atom. The Bertz CT molecular complexity index is 374. The average Bonchev–Trinajstić information content (AvgIpc) is 2.55. The lowest BCUT2D eigenvalue weighted by atomic mass is 10.0. The van der Waals surface area contributed by atoms with E-state index in [0.29, 0.717) is 17.3 Å². The minimum absolute atomic E-state index is 0.153. The van der Waals surface area contributed by atoms with Gasteiger partial charge in [-0.3, -0.25) is 4.18 Å². The summed E-state index contributed by atoms with van der Waals surface area (Å²) in [7, 11) is -4.13. The summed E-state index contributed by atoms with van der Waals surface area (Å²) < 4.78 is 32.9. The predicted octanol–water partition coefficient (Wildman–Crippen LogP) is 0.179. The molecule has 16 heavy (non-hydrogen) atoms. The molecule has 92 valence electrons. The molecule has 0 aromatic rings. The Labute approximate surface area is 93.2 Å². The van der Waals surface area contributed by atoms with Gasteiger partial charge in [0.05, 0.1) is 12.7 Å². The molecule has 0 aromatic carbocycles. The Morgan fingerprint density at radius 3 is 2.69 bits per heavy atom. The summed E-state index contributed by atoms with van der Waals surface area (Å²) in [5, 5.41) is 8.86. The van der Waals surface area contributed by atoms with Crippen molar-refractivity contribution in [3.05, 3.63) is 0 Å². The maximum Gasteiger partial charge on any atom is 0.423 e. The molecule has 1 unspecified atom stereocenters. The van der Waals surface area contributed by atoms with Gasteiger partial charge in [-0.25, -0.2) is 4.79 Å². The number of hydrogen-bond acceptors (Lipinski definition) is 5. The SMILES string of the molecule is O=C(O)N1[C@H](C2CCCCO2)COS1(=O)=O. The second-order valence-electron chi connectivity index (χ2n) is 3.79. The molecule has 8 heteroatoms. The first-order valence-corrected chi connectivity index (χ1v) is 6.42. The summed E-state index contributed by atoms with van der Waals surface area (Å²) >= 11 is 0. The van der Waals surface area contributed by atoms with Gasteiger partial charge < -0.3 is 9.84 Å². The predicted molar refractivity (Wildman–Crippen MR) is 52.1 cm³/mol. The van der Waals surface area contributed by atoms with E-state index in [0.717, 1.165) is 12.8 Å². The van der Waals surface area contributed by atoms with Gasteiger partial charge in [-0.05, 0) is 19.3 Å². The summed E-state index contributed by atoms with van der Waals surface area (Å²) in [5.74, 6) is 0. The van der Waals surface area contributed by atoms with Crippen LogP contribution in [0.15, 0.2) is 0 Å². The van der Waals surface area contributed by atoms with Gasteiger partial charge in [0, 0.05) is 6.61 Å². The minimum Gasteiger partial charge on any atom is -0.464 e. The number of ether oxygens (including phenoxy) is 1. The van der Waals surface area contributed by atoms with Gasteiger partial charge in [0.15, 0.2) is 0 Å². The molecular formula is C8H13NO6S. The third-order valence-corrected chi connectivity index (χ3v) is 4.11. The van der Waals surface area contributed by atoms with Crippen LogP contribution in [-0.4, -0.2) is 49.3 Å². The highest BCUT2D eigenvalue weighted by atomic mass is 32.2.